The van der Waals surface area contributed by atoms with Gasteiger partial charge in [-0.1, -0.05) is 64.4 Å². The van der Waals surface area contributed by atoms with Crippen molar-refractivity contribution in [3.63, 3.8) is 0 Å². The van der Waals surface area contributed by atoms with Crippen molar-refractivity contribution in [1.82, 2.24) is 0 Å². The Kier molecular flexibility index (Phi) is 6.03. The number of aromatic hydroxyl groups is 1. The number of benzene rings is 2. The minimum absolute atomic E-state index is 0.101. The molecule has 1 aromatic heterocycles. The Morgan fingerprint density at radius 3 is 2.55 bits per heavy atom. The van der Waals surface area contributed by atoms with Crippen LogP contribution in [-0.4, -0.2) is 10.9 Å². The van der Waals surface area contributed by atoms with Gasteiger partial charge in [0.25, 0.3) is 0 Å². The van der Waals surface area contributed by atoms with Crippen LogP contribution in [0.25, 0.3) is 16.2 Å². The van der Waals surface area contributed by atoms with Crippen molar-refractivity contribution in [3.05, 3.63) is 98.3 Å². The average Bonchev–Trinajstić information content (AvgIpc) is 3.21. The number of thiophene rings is 1. The molecule has 4 rings (SSSR count). The van der Waals surface area contributed by atoms with Crippen LogP contribution in [0.4, 0.5) is 0 Å². The molecule has 1 aliphatic heterocycles. The lowest BCUT2D eigenvalue weighted by Crippen LogP contribution is -1.94. The number of thioether (sulfide) groups is 1. The predicted octanol–water partition coefficient (Wildman–Crippen LogP) is 8.00. The highest BCUT2D eigenvalue weighted by Gasteiger charge is 2.25. The van der Waals surface area contributed by atoms with Gasteiger partial charge in [0.1, 0.15) is 5.75 Å². The van der Waals surface area contributed by atoms with Crippen LogP contribution in [-0.2, 0) is 0 Å². The van der Waals surface area contributed by atoms with Gasteiger partial charge >= 0.3 is 0 Å². The lowest BCUT2D eigenvalue weighted by Gasteiger charge is -1.96. The summed E-state index contributed by atoms with van der Waals surface area (Å²) in [5, 5.41) is 11.4. The molecule has 1 N–H and O–H groups in total. The highest BCUT2D eigenvalue weighted by molar-refractivity contribution is 8.04. The second kappa shape index (κ2) is 8.74. The van der Waals surface area contributed by atoms with Gasteiger partial charge in [-0.25, -0.2) is 0 Å². The number of hydrogen-bond donors (Lipinski definition) is 1. The average molecular weight is 445 g/mol. The molecule has 0 aliphatic carbocycles. The van der Waals surface area contributed by atoms with E-state index in [1.54, 1.807) is 11.3 Å². The van der Waals surface area contributed by atoms with E-state index in [2.05, 4.69) is 18.2 Å². The smallest absolute Gasteiger partial charge is 0.200 e. The van der Waals surface area contributed by atoms with Crippen molar-refractivity contribution in [2.45, 2.75) is 32.6 Å². The molecule has 3 aromatic rings. The van der Waals surface area contributed by atoms with Gasteiger partial charge in [0.15, 0.2) is 0 Å². The van der Waals surface area contributed by atoms with E-state index < -0.39 is 0 Å². The van der Waals surface area contributed by atoms with Crippen LogP contribution in [0.3, 0.4) is 0 Å². The van der Waals surface area contributed by atoms with Gasteiger partial charge in [-0.2, -0.15) is 0 Å². The van der Waals surface area contributed by atoms with E-state index in [-0.39, 0.29) is 5.78 Å². The van der Waals surface area contributed by atoms with Crippen LogP contribution in [0, 0.1) is 13.8 Å². The number of hydrogen-bond acceptors (Lipinski definition) is 4. The molecule has 2 aromatic carbocycles. The first-order chi connectivity index (χ1) is 14.8. The fourth-order valence-electron chi connectivity index (χ4n) is 3.52. The normalized spacial score (nSPS) is 16.1. The Labute approximate surface area is 191 Å². The third-order valence-electron chi connectivity index (χ3n) is 5.12. The monoisotopic (exact) mass is 444 g/mol. The van der Waals surface area contributed by atoms with Crippen LogP contribution < -0.4 is 0 Å². The quantitative estimate of drug-likeness (QED) is 0.327. The van der Waals surface area contributed by atoms with Gasteiger partial charge < -0.3 is 5.11 Å². The van der Waals surface area contributed by atoms with Crippen molar-refractivity contribution >= 4 is 45.0 Å². The number of aryl methyl sites for hydroxylation is 2. The van der Waals surface area contributed by atoms with Gasteiger partial charge in [0, 0.05) is 20.5 Å². The van der Waals surface area contributed by atoms with Gasteiger partial charge in [-0.3, -0.25) is 4.79 Å². The highest BCUT2D eigenvalue weighted by atomic mass is 32.2. The molecule has 0 amide bonds. The molecule has 0 saturated carbocycles. The first-order valence-corrected chi connectivity index (χ1v) is 11.8. The Bertz CT molecular complexity index is 1320. The summed E-state index contributed by atoms with van der Waals surface area (Å²) >= 11 is 3.12. The Morgan fingerprint density at radius 1 is 1.00 bits per heavy atom. The zero-order valence-corrected chi connectivity index (χ0v) is 19.7. The van der Waals surface area contributed by atoms with E-state index in [1.807, 2.05) is 76.3 Å². The van der Waals surface area contributed by atoms with Crippen LogP contribution in [0.5, 0.6) is 5.75 Å². The Morgan fingerprint density at radius 2 is 1.74 bits per heavy atom. The summed E-state index contributed by atoms with van der Waals surface area (Å²) in [5.74, 6) is 0.445. The summed E-state index contributed by atoms with van der Waals surface area (Å²) in [6.45, 7) is 8.09. The van der Waals surface area contributed by atoms with Crippen LogP contribution >= 0.6 is 23.1 Å². The third kappa shape index (κ3) is 4.60. The summed E-state index contributed by atoms with van der Waals surface area (Å²) < 4.78 is 1.09. The number of Topliss-reactive ketones (excluding diaryl/α,β-unsaturated/α-hetero) is 1. The SMILES string of the molecule is CC(=C\C=C1/Sc2ccc(C)cc2C1=O)/C=C(C)/C=C/c1sc2ccc(C)cc2c1O. The number of allylic oxidation sites excluding steroid dienone is 7. The Hall–Kier alpha value is -2.82. The zero-order chi connectivity index (χ0) is 22.1. The number of fused-ring (bicyclic) bond motifs is 2. The number of ketones is 1. The number of carbonyl (C=O) groups excluding carboxylic acids is 1. The first-order valence-electron chi connectivity index (χ1n) is 10.1. The van der Waals surface area contributed by atoms with Crippen molar-refractivity contribution in [1.29, 1.82) is 0 Å². The molecule has 0 unspecified atom stereocenters. The zero-order valence-electron chi connectivity index (χ0n) is 18.0. The highest BCUT2D eigenvalue weighted by Crippen LogP contribution is 2.40. The van der Waals surface area contributed by atoms with E-state index in [4.69, 9.17) is 0 Å². The standard InChI is InChI=1S/C27H24O2S2/c1-16(7-11-24-26(28)20-14-18(3)5-9-22(20)30-24)13-17(2)8-12-25-27(29)21-15-19(4)6-10-23(21)31-25/h5-15,28H,1-4H3/b11-7+,16-13+,17-8+,25-12-. The van der Waals surface area contributed by atoms with Crippen molar-refractivity contribution in [2.24, 2.45) is 0 Å². The third-order valence-corrected chi connectivity index (χ3v) is 7.36. The van der Waals surface area contributed by atoms with E-state index >= 15 is 0 Å². The number of carbonyl (C=O) groups is 1. The van der Waals surface area contributed by atoms with E-state index in [0.717, 1.165) is 52.6 Å². The summed E-state index contributed by atoms with van der Waals surface area (Å²) in [7, 11) is 0. The minimum atomic E-state index is 0.101. The molecule has 2 nitrogen and oxygen atoms in total. The van der Waals surface area contributed by atoms with Crippen molar-refractivity contribution < 1.29 is 9.90 Å². The maximum absolute atomic E-state index is 12.6. The van der Waals surface area contributed by atoms with E-state index in [9.17, 15) is 9.90 Å². The molecule has 31 heavy (non-hydrogen) atoms. The van der Waals surface area contributed by atoms with Crippen LogP contribution in [0.2, 0.25) is 0 Å². The van der Waals surface area contributed by atoms with E-state index in [0.29, 0.717) is 5.75 Å². The molecule has 0 spiro atoms. The summed E-state index contributed by atoms with van der Waals surface area (Å²) in [6.07, 6.45) is 9.93. The lowest BCUT2D eigenvalue weighted by molar-refractivity contribution is 0.104. The maximum atomic E-state index is 12.6. The molecule has 0 fully saturated rings. The predicted molar refractivity (Wildman–Crippen MR) is 134 cm³/mol. The van der Waals surface area contributed by atoms with E-state index in [1.165, 1.54) is 11.8 Å². The largest absolute Gasteiger partial charge is 0.506 e. The topological polar surface area (TPSA) is 37.3 Å². The molecular formula is C27H24O2S2. The van der Waals surface area contributed by atoms with Gasteiger partial charge in [-0.05, 0) is 64.1 Å². The first kappa shape index (κ1) is 21.4. The molecular weight excluding hydrogens is 420 g/mol. The fourth-order valence-corrected chi connectivity index (χ4v) is 5.47. The summed E-state index contributed by atoms with van der Waals surface area (Å²) in [4.78, 5) is 15.2. The fraction of sp³-hybridized carbons (Fsp3) is 0.148. The minimum Gasteiger partial charge on any atom is -0.506 e. The molecule has 156 valence electrons. The molecule has 2 heterocycles. The molecule has 0 bridgehead atoms. The summed E-state index contributed by atoms with van der Waals surface area (Å²) in [5.41, 5.74) is 5.18. The van der Waals surface area contributed by atoms with Crippen LogP contribution in [0.15, 0.2) is 81.6 Å². The van der Waals surface area contributed by atoms with Gasteiger partial charge in [0.2, 0.25) is 5.78 Å². The van der Waals surface area contributed by atoms with Gasteiger partial charge in [0.05, 0.1) is 9.78 Å². The second-order valence-electron chi connectivity index (χ2n) is 7.91. The molecule has 4 heteroatoms. The lowest BCUT2D eigenvalue weighted by atomic mass is 10.1. The summed E-state index contributed by atoms with van der Waals surface area (Å²) in [6, 6.07) is 12.1. The van der Waals surface area contributed by atoms with Crippen molar-refractivity contribution in [2.75, 3.05) is 0 Å². The molecule has 0 saturated heterocycles. The Balaban J connectivity index is 1.50. The molecule has 0 atom stereocenters. The van der Waals surface area contributed by atoms with Gasteiger partial charge in [-0.15, -0.1) is 11.3 Å². The number of rotatable bonds is 4. The van der Waals surface area contributed by atoms with Crippen LogP contribution in [0.1, 0.15) is 40.2 Å². The molecule has 1 aliphatic rings. The second-order valence-corrected chi connectivity index (χ2v) is 10.1. The maximum Gasteiger partial charge on any atom is 0.200 e. The van der Waals surface area contributed by atoms with Crippen molar-refractivity contribution in [3.8, 4) is 5.75 Å². The molecule has 0 radical (unpaired) electrons.